The van der Waals surface area contributed by atoms with E-state index in [9.17, 15) is 4.79 Å². The highest BCUT2D eigenvalue weighted by Crippen LogP contribution is 2.43. The lowest BCUT2D eigenvalue weighted by Gasteiger charge is -1.95. The predicted molar refractivity (Wildman–Crippen MR) is 56.9 cm³/mol. The van der Waals surface area contributed by atoms with Crippen LogP contribution in [0.3, 0.4) is 0 Å². The normalized spacial score (nSPS) is 25.3. The molecule has 0 aromatic carbocycles. The highest BCUT2D eigenvalue weighted by molar-refractivity contribution is 5.81. The average molecular weight is 196 g/mol. The minimum absolute atomic E-state index is 0.232. The van der Waals surface area contributed by atoms with Gasteiger partial charge in [-0.1, -0.05) is 32.3 Å². The van der Waals surface area contributed by atoms with Crippen LogP contribution in [0.2, 0.25) is 0 Å². The Hall–Kier alpha value is -0.790. The molecule has 2 atom stereocenters. The molecule has 0 radical (unpaired) electrons. The van der Waals surface area contributed by atoms with Crippen molar-refractivity contribution in [2.24, 2.45) is 11.8 Å². The monoisotopic (exact) mass is 196 g/mol. The van der Waals surface area contributed by atoms with Crippen molar-refractivity contribution in [2.45, 2.75) is 39.0 Å². The number of methoxy groups -OCH3 is 1. The Morgan fingerprint density at radius 1 is 1.50 bits per heavy atom. The molecule has 0 heterocycles. The van der Waals surface area contributed by atoms with Crippen molar-refractivity contribution in [1.29, 1.82) is 0 Å². The van der Waals surface area contributed by atoms with Crippen LogP contribution in [0, 0.1) is 11.8 Å². The van der Waals surface area contributed by atoms with E-state index in [1.807, 2.05) is 6.08 Å². The molecule has 0 aliphatic heterocycles. The molecule has 1 fully saturated rings. The van der Waals surface area contributed by atoms with Crippen molar-refractivity contribution < 1.29 is 9.53 Å². The topological polar surface area (TPSA) is 26.3 Å². The quantitative estimate of drug-likeness (QED) is 0.371. The van der Waals surface area contributed by atoms with Crippen molar-refractivity contribution in [2.75, 3.05) is 7.11 Å². The zero-order valence-electron chi connectivity index (χ0n) is 9.16. The highest BCUT2D eigenvalue weighted by atomic mass is 16.5. The van der Waals surface area contributed by atoms with Gasteiger partial charge in [0.2, 0.25) is 0 Å². The minimum atomic E-state index is -0.232. The Balaban J connectivity index is 2.07. The lowest BCUT2D eigenvalue weighted by Crippen LogP contribution is -1.93. The lowest BCUT2D eigenvalue weighted by atomic mass is 10.1. The van der Waals surface area contributed by atoms with Gasteiger partial charge in [0, 0.05) is 6.08 Å². The first-order chi connectivity index (χ1) is 6.77. The summed E-state index contributed by atoms with van der Waals surface area (Å²) in [4.78, 5) is 10.8. The summed E-state index contributed by atoms with van der Waals surface area (Å²) in [5, 5.41) is 0. The third-order valence-corrected chi connectivity index (χ3v) is 2.84. The van der Waals surface area contributed by atoms with Crippen LogP contribution in [-0.2, 0) is 9.53 Å². The van der Waals surface area contributed by atoms with E-state index in [4.69, 9.17) is 0 Å². The summed E-state index contributed by atoms with van der Waals surface area (Å²) in [7, 11) is 1.41. The van der Waals surface area contributed by atoms with Crippen LogP contribution in [0.4, 0.5) is 0 Å². The second kappa shape index (κ2) is 5.84. The van der Waals surface area contributed by atoms with Gasteiger partial charge in [-0.3, -0.25) is 0 Å². The zero-order valence-corrected chi connectivity index (χ0v) is 9.16. The molecular weight excluding hydrogens is 176 g/mol. The van der Waals surface area contributed by atoms with Crippen molar-refractivity contribution in [3.8, 4) is 0 Å². The summed E-state index contributed by atoms with van der Waals surface area (Å²) in [6.07, 6.45) is 10.1. The number of hydrogen-bond acceptors (Lipinski definition) is 2. The molecule has 2 heteroatoms. The largest absolute Gasteiger partial charge is 0.466 e. The maximum Gasteiger partial charge on any atom is 0.330 e. The Morgan fingerprint density at radius 3 is 2.93 bits per heavy atom. The summed E-state index contributed by atoms with van der Waals surface area (Å²) in [5.74, 6) is 1.25. The number of allylic oxidation sites excluding steroid dienone is 1. The standard InChI is InChI=1S/C12H20O2/c1-3-4-5-6-10-9-11(10)7-8-12(13)14-2/h7-8,10-11H,3-6,9H2,1-2H3/b8-7-. The number of unbranched alkanes of at least 4 members (excludes halogenated alkanes) is 2. The van der Waals surface area contributed by atoms with Crippen LogP contribution in [-0.4, -0.2) is 13.1 Å². The van der Waals surface area contributed by atoms with E-state index >= 15 is 0 Å². The van der Waals surface area contributed by atoms with Crippen molar-refractivity contribution in [1.82, 2.24) is 0 Å². The highest BCUT2D eigenvalue weighted by Gasteiger charge is 2.33. The maximum absolute atomic E-state index is 10.8. The van der Waals surface area contributed by atoms with Gasteiger partial charge in [0.25, 0.3) is 0 Å². The van der Waals surface area contributed by atoms with E-state index in [0.29, 0.717) is 5.92 Å². The van der Waals surface area contributed by atoms with Gasteiger partial charge < -0.3 is 4.74 Å². The van der Waals surface area contributed by atoms with Crippen molar-refractivity contribution in [3.63, 3.8) is 0 Å². The van der Waals surface area contributed by atoms with Crippen molar-refractivity contribution in [3.05, 3.63) is 12.2 Å². The SMILES string of the molecule is CCCCCC1CC1/C=C\C(=O)OC. The average Bonchev–Trinajstić information content (AvgIpc) is 2.94. The molecule has 1 aliphatic carbocycles. The van der Waals surface area contributed by atoms with E-state index < -0.39 is 0 Å². The first-order valence-corrected chi connectivity index (χ1v) is 5.54. The Morgan fingerprint density at radius 2 is 2.29 bits per heavy atom. The van der Waals surface area contributed by atoms with E-state index in [1.165, 1.54) is 39.2 Å². The summed E-state index contributed by atoms with van der Waals surface area (Å²) in [6.45, 7) is 2.22. The molecule has 1 aliphatic rings. The molecule has 2 nitrogen and oxygen atoms in total. The smallest absolute Gasteiger partial charge is 0.330 e. The lowest BCUT2D eigenvalue weighted by molar-refractivity contribution is -0.134. The van der Waals surface area contributed by atoms with Crippen LogP contribution in [0.25, 0.3) is 0 Å². The number of esters is 1. The maximum atomic E-state index is 10.8. The predicted octanol–water partition coefficient (Wildman–Crippen LogP) is 2.93. The van der Waals surface area contributed by atoms with Crippen LogP contribution in [0.1, 0.15) is 39.0 Å². The molecule has 0 amide bonds. The van der Waals surface area contributed by atoms with Gasteiger partial charge in [-0.05, 0) is 24.7 Å². The molecular formula is C12H20O2. The molecule has 0 aromatic rings. The molecule has 0 bridgehead atoms. The summed E-state index contributed by atoms with van der Waals surface area (Å²) < 4.78 is 4.54. The first kappa shape index (κ1) is 11.3. The zero-order chi connectivity index (χ0) is 10.4. The molecule has 0 spiro atoms. The third-order valence-electron chi connectivity index (χ3n) is 2.84. The van der Waals surface area contributed by atoms with E-state index in [1.54, 1.807) is 6.08 Å². The number of carbonyl (C=O) groups excluding carboxylic acids is 1. The summed E-state index contributed by atoms with van der Waals surface area (Å²) >= 11 is 0. The van der Waals surface area contributed by atoms with Crippen LogP contribution < -0.4 is 0 Å². The minimum Gasteiger partial charge on any atom is -0.466 e. The Bertz CT molecular complexity index is 208. The van der Waals surface area contributed by atoms with Gasteiger partial charge in [-0.2, -0.15) is 0 Å². The summed E-state index contributed by atoms with van der Waals surface area (Å²) in [6, 6.07) is 0. The van der Waals surface area contributed by atoms with E-state index in [2.05, 4.69) is 11.7 Å². The van der Waals surface area contributed by atoms with Gasteiger partial charge in [0.1, 0.15) is 0 Å². The second-order valence-electron chi connectivity index (χ2n) is 4.04. The van der Waals surface area contributed by atoms with Gasteiger partial charge in [-0.15, -0.1) is 0 Å². The molecule has 80 valence electrons. The van der Waals surface area contributed by atoms with E-state index in [-0.39, 0.29) is 5.97 Å². The van der Waals surface area contributed by atoms with Gasteiger partial charge in [-0.25, -0.2) is 4.79 Å². The number of ether oxygens (including phenoxy) is 1. The number of rotatable bonds is 6. The molecule has 2 unspecified atom stereocenters. The number of hydrogen-bond donors (Lipinski definition) is 0. The van der Waals surface area contributed by atoms with Gasteiger partial charge >= 0.3 is 5.97 Å². The fourth-order valence-electron chi connectivity index (χ4n) is 1.77. The first-order valence-electron chi connectivity index (χ1n) is 5.54. The van der Waals surface area contributed by atoms with Crippen LogP contribution in [0.15, 0.2) is 12.2 Å². The molecule has 1 rings (SSSR count). The van der Waals surface area contributed by atoms with Crippen LogP contribution in [0.5, 0.6) is 0 Å². The van der Waals surface area contributed by atoms with Gasteiger partial charge in [0.05, 0.1) is 7.11 Å². The van der Waals surface area contributed by atoms with Crippen molar-refractivity contribution >= 4 is 5.97 Å². The van der Waals surface area contributed by atoms with Crippen LogP contribution >= 0.6 is 0 Å². The molecule has 14 heavy (non-hydrogen) atoms. The number of carbonyl (C=O) groups is 1. The Labute approximate surface area is 86.3 Å². The summed E-state index contributed by atoms with van der Waals surface area (Å²) in [5.41, 5.74) is 0. The third kappa shape index (κ3) is 3.95. The fourth-order valence-corrected chi connectivity index (χ4v) is 1.77. The van der Waals surface area contributed by atoms with Gasteiger partial charge in [0.15, 0.2) is 0 Å². The fraction of sp³-hybridized carbons (Fsp3) is 0.750. The second-order valence-corrected chi connectivity index (χ2v) is 4.04. The molecule has 0 aromatic heterocycles. The molecule has 0 N–H and O–H groups in total. The molecule has 1 saturated carbocycles. The Kier molecular flexibility index (Phi) is 4.71. The molecule has 0 saturated heterocycles. The van der Waals surface area contributed by atoms with E-state index in [0.717, 1.165) is 5.92 Å².